The number of Topliss-reactive ketones (excluding diaryl/α,β-unsaturated/α-hetero) is 1. The third-order valence-corrected chi connectivity index (χ3v) is 7.25. The fraction of sp³-hybridized carbons (Fsp3) is 0.300. The molecule has 5 nitrogen and oxygen atoms in total. The van der Waals surface area contributed by atoms with E-state index in [1.807, 2.05) is 60.7 Å². The van der Waals surface area contributed by atoms with Crippen molar-refractivity contribution in [2.75, 3.05) is 12.9 Å². The van der Waals surface area contributed by atoms with Gasteiger partial charge in [-0.15, -0.1) is 10.2 Å². The number of nitrogens with zero attached hydrogens (tertiary/aromatic N) is 3. The average molecular weight is 500 g/mol. The van der Waals surface area contributed by atoms with Crippen molar-refractivity contribution in [3.63, 3.8) is 0 Å². The number of rotatable bonds is 10. The quantitative estimate of drug-likeness (QED) is 0.217. The fourth-order valence-electron chi connectivity index (χ4n) is 4.52. The lowest BCUT2D eigenvalue weighted by Crippen LogP contribution is -2.20. The maximum atomic E-state index is 13.4. The molecule has 0 aliphatic heterocycles. The number of ether oxygens (including phenoxy) is 1. The minimum absolute atomic E-state index is 0.154. The Morgan fingerprint density at radius 3 is 2.19 bits per heavy atom. The molecule has 4 rings (SSSR count). The number of ketones is 1. The molecule has 3 aromatic carbocycles. The van der Waals surface area contributed by atoms with Crippen LogP contribution in [0.25, 0.3) is 17.1 Å². The summed E-state index contributed by atoms with van der Waals surface area (Å²) in [5.41, 5.74) is 4.22. The predicted octanol–water partition coefficient (Wildman–Crippen LogP) is 7.17. The van der Waals surface area contributed by atoms with Gasteiger partial charge >= 0.3 is 0 Å². The van der Waals surface area contributed by atoms with Crippen molar-refractivity contribution in [2.24, 2.45) is 5.92 Å². The van der Waals surface area contributed by atoms with Crippen LogP contribution < -0.4 is 4.74 Å². The fourth-order valence-corrected chi connectivity index (χ4v) is 5.38. The summed E-state index contributed by atoms with van der Waals surface area (Å²) < 4.78 is 7.42. The molecule has 1 aromatic heterocycles. The number of hydrogen-bond acceptors (Lipinski definition) is 5. The Balaban J connectivity index is 1.72. The maximum absolute atomic E-state index is 13.4. The second kappa shape index (κ2) is 11.6. The van der Waals surface area contributed by atoms with E-state index in [-0.39, 0.29) is 17.6 Å². The van der Waals surface area contributed by atoms with Crippen molar-refractivity contribution in [3.05, 3.63) is 90.0 Å². The van der Waals surface area contributed by atoms with Gasteiger partial charge in [0.25, 0.3) is 0 Å². The Morgan fingerprint density at radius 2 is 1.56 bits per heavy atom. The van der Waals surface area contributed by atoms with E-state index in [1.165, 1.54) is 17.3 Å². The van der Waals surface area contributed by atoms with Crippen molar-refractivity contribution in [1.29, 1.82) is 0 Å². The Labute approximate surface area is 217 Å². The average Bonchev–Trinajstić information content (AvgIpc) is 3.31. The van der Waals surface area contributed by atoms with Gasteiger partial charge in [-0.2, -0.15) is 0 Å². The first kappa shape index (κ1) is 25.7. The van der Waals surface area contributed by atoms with Crippen LogP contribution in [0.15, 0.2) is 84.0 Å². The topological polar surface area (TPSA) is 57.0 Å². The number of hydrogen-bond donors (Lipinski definition) is 0. The minimum atomic E-state index is -0.154. The normalized spacial score (nSPS) is 12.2. The van der Waals surface area contributed by atoms with Gasteiger partial charge in [-0.25, -0.2) is 0 Å². The number of carbonyl (C=O) groups is 1. The van der Waals surface area contributed by atoms with Gasteiger partial charge in [0.1, 0.15) is 5.75 Å². The highest BCUT2D eigenvalue weighted by Gasteiger charge is 2.26. The summed E-state index contributed by atoms with van der Waals surface area (Å²) in [5, 5.41) is 9.83. The first-order valence-electron chi connectivity index (χ1n) is 12.3. The SMILES string of the molecule is COc1ccc(-c2nnc(SCC(=O)[C@H](c3ccccc3)C(C)C)n2-c2ccccc2C(C)C)cc1. The number of thioether (sulfide) groups is 1. The minimum Gasteiger partial charge on any atom is -0.497 e. The van der Waals surface area contributed by atoms with Crippen LogP contribution in [0, 0.1) is 5.92 Å². The van der Waals surface area contributed by atoms with Gasteiger partial charge in [0, 0.05) is 11.5 Å². The molecule has 0 saturated carbocycles. The number of aromatic nitrogens is 3. The van der Waals surface area contributed by atoms with Crippen molar-refractivity contribution in [3.8, 4) is 22.8 Å². The standard InChI is InChI=1S/C30H33N3O2S/c1-20(2)25-13-9-10-14-26(25)33-29(23-15-17-24(35-5)18-16-23)31-32-30(33)36-19-27(34)28(21(3)4)22-11-7-6-8-12-22/h6-18,20-21,28H,19H2,1-5H3/t28-/m0/s1. The zero-order valence-electron chi connectivity index (χ0n) is 21.5. The van der Waals surface area contributed by atoms with Crippen LogP contribution >= 0.6 is 11.8 Å². The highest BCUT2D eigenvalue weighted by molar-refractivity contribution is 7.99. The molecule has 4 aromatic rings. The van der Waals surface area contributed by atoms with Gasteiger partial charge in [0.2, 0.25) is 0 Å². The van der Waals surface area contributed by atoms with Crippen molar-refractivity contribution in [1.82, 2.24) is 14.8 Å². The number of para-hydroxylation sites is 1. The van der Waals surface area contributed by atoms with Crippen LogP contribution in [0.3, 0.4) is 0 Å². The Morgan fingerprint density at radius 1 is 0.889 bits per heavy atom. The molecule has 0 saturated heterocycles. The summed E-state index contributed by atoms with van der Waals surface area (Å²) in [5.74, 6) is 2.41. The summed E-state index contributed by atoms with van der Waals surface area (Å²) in [7, 11) is 1.65. The largest absolute Gasteiger partial charge is 0.497 e. The number of carbonyl (C=O) groups excluding carboxylic acids is 1. The third-order valence-electron chi connectivity index (χ3n) is 6.30. The van der Waals surface area contributed by atoms with Crippen molar-refractivity contribution >= 4 is 17.5 Å². The zero-order valence-corrected chi connectivity index (χ0v) is 22.3. The van der Waals surface area contributed by atoms with E-state index in [2.05, 4.69) is 60.7 Å². The van der Waals surface area contributed by atoms with Gasteiger partial charge in [-0.3, -0.25) is 9.36 Å². The van der Waals surface area contributed by atoms with Crippen LogP contribution in [0.4, 0.5) is 0 Å². The summed E-state index contributed by atoms with van der Waals surface area (Å²) in [6, 6.07) is 26.2. The van der Waals surface area contributed by atoms with Gasteiger partial charge < -0.3 is 4.74 Å². The van der Waals surface area contributed by atoms with E-state index in [0.717, 1.165) is 28.4 Å². The monoisotopic (exact) mass is 499 g/mol. The van der Waals surface area contributed by atoms with Crippen LogP contribution in [-0.4, -0.2) is 33.4 Å². The lowest BCUT2D eigenvalue weighted by Gasteiger charge is -2.20. The molecule has 0 unspecified atom stereocenters. The van der Waals surface area contributed by atoms with E-state index in [0.29, 0.717) is 16.8 Å². The molecule has 36 heavy (non-hydrogen) atoms. The van der Waals surface area contributed by atoms with E-state index < -0.39 is 0 Å². The molecule has 1 atom stereocenters. The Bertz CT molecular complexity index is 1300. The van der Waals surface area contributed by atoms with Gasteiger partial charge in [-0.1, -0.05) is 88.0 Å². The predicted molar refractivity (Wildman–Crippen MR) is 147 cm³/mol. The molecule has 186 valence electrons. The Kier molecular flexibility index (Phi) is 8.26. The molecular weight excluding hydrogens is 466 g/mol. The molecule has 0 bridgehead atoms. The van der Waals surface area contributed by atoms with Gasteiger partial charge in [0.05, 0.1) is 18.6 Å². The molecular formula is C30H33N3O2S. The van der Waals surface area contributed by atoms with Crippen molar-refractivity contribution in [2.45, 2.75) is 44.7 Å². The third kappa shape index (κ3) is 5.54. The molecule has 0 fully saturated rings. The second-order valence-corrected chi connectivity index (χ2v) is 10.4. The highest BCUT2D eigenvalue weighted by Crippen LogP contribution is 2.34. The van der Waals surface area contributed by atoms with Crippen LogP contribution in [0.5, 0.6) is 5.75 Å². The summed E-state index contributed by atoms with van der Waals surface area (Å²) >= 11 is 1.45. The number of methoxy groups -OCH3 is 1. The molecule has 0 aliphatic carbocycles. The van der Waals surface area contributed by atoms with Gasteiger partial charge in [0.15, 0.2) is 16.8 Å². The first-order valence-corrected chi connectivity index (χ1v) is 13.3. The van der Waals surface area contributed by atoms with Gasteiger partial charge in [-0.05, 0) is 53.3 Å². The van der Waals surface area contributed by atoms with Crippen LogP contribution in [0.1, 0.15) is 50.7 Å². The lowest BCUT2D eigenvalue weighted by atomic mass is 9.85. The van der Waals surface area contributed by atoms with E-state index in [4.69, 9.17) is 4.74 Å². The van der Waals surface area contributed by atoms with Crippen LogP contribution in [0.2, 0.25) is 0 Å². The van der Waals surface area contributed by atoms with E-state index in [9.17, 15) is 4.79 Å². The zero-order chi connectivity index (χ0) is 25.7. The maximum Gasteiger partial charge on any atom is 0.196 e. The first-order chi connectivity index (χ1) is 17.4. The molecule has 1 heterocycles. The highest BCUT2D eigenvalue weighted by atomic mass is 32.2. The summed E-state index contributed by atoms with van der Waals surface area (Å²) in [6.07, 6.45) is 0. The van der Waals surface area contributed by atoms with Crippen molar-refractivity contribution < 1.29 is 9.53 Å². The second-order valence-electron chi connectivity index (χ2n) is 9.47. The molecule has 6 heteroatoms. The molecule has 0 N–H and O–H groups in total. The number of benzene rings is 3. The summed E-state index contributed by atoms with van der Waals surface area (Å²) in [6.45, 7) is 8.56. The summed E-state index contributed by atoms with van der Waals surface area (Å²) in [4.78, 5) is 13.4. The van der Waals surface area contributed by atoms with Crippen LogP contribution in [-0.2, 0) is 4.79 Å². The molecule has 0 spiro atoms. The van der Waals surface area contributed by atoms with E-state index in [1.54, 1.807) is 7.11 Å². The molecule has 0 radical (unpaired) electrons. The smallest absolute Gasteiger partial charge is 0.196 e. The molecule has 0 amide bonds. The lowest BCUT2D eigenvalue weighted by molar-refractivity contribution is -0.118. The Hall–Kier alpha value is -3.38. The molecule has 0 aliphatic rings. The van der Waals surface area contributed by atoms with E-state index >= 15 is 0 Å².